The largest absolute Gasteiger partial charge is 0.441 e. The zero-order chi connectivity index (χ0) is 16.0. The summed E-state index contributed by atoms with van der Waals surface area (Å²) in [5.41, 5.74) is 14.1. The molecule has 1 saturated carbocycles. The number of fused-ring (bicyclic) bond motifs is 1. The first kappa shape index (κ1) is 14.0. The summed E-state index contributed by atoms with van der Waals surface area (Å²) in [5, 5.41) is 0. The van der Waals surface area contributed by atoms with Crippen LogP contribution in [-0.4, -0.2) is 22.6 Å². The van der Waals surface area contributed by atoms with Gasteiger partial charge in [0.1, 0.15) is 11.2 Å². The number of nitrogens with zero attached hydrogens (tertiary/aromatic N) is 4. The van der Waals surface area contributed by atoms with E-state index in [1.54, 1.807) is 0 Å². The Morgan fingerprint density at radius 2 is 1.96 bits per heavy atom. The molecule has 1 spiro atoms. The number of guanidine groups is 2. The number of hydrogen-bond acceptors (Lipinski definition) is 7. The molecule has 1 aromatic heterocycles. The van der Waals surface area contributed by atoms with Gasteiger partial charge in [0.25, 0.3) is 0 Å². The van der Waals surface area contributed by atoms with Crippen LogP contribution in [0.5, 0.6) is 0 Å². The van der Waals surface area contributed by atoms with Crippen molar-refractivity contribution >= 4 is 28.7 Å². The van der Waals surface area contributed by atoms with Crippen LogP contribution in [0, 0.1) is 6.92 Å². The number of oxazole rings is 1. The van der Waals surface area contributed by atoms with Crippen LogP contribution < -0.4 is 16.4 Å². The van der Waals surface area contributed by atoms with E-state index in [1.807, 2.05) is 30.0 Å². The molecule has 0 atom stereocenters. The number of nitrogens with two attached hydrogens (primary N) is 2. The summed E-state index contributed by atoms with van der Waals surface area (Å²) in [5.74, 6) is 1.25. The average molecular weight is 312 g/mol. The molecule has 4 rings (SSSR count). The Morgan fingerprint density at radius 1 is 1.17 bits per heavy atom. The Balaban J connectivity index is 1.91. The first-order chi connectivity index (χ1) is 11.1. The van der Waals surface area contributed by atoms with Gasteiger partial charge in [0.2, 0.25) is 11.9 Å². The van der Waals surface area contributed by atoms with Gasteiger partial charge in [0.15, 0.2) is 11.5 Å². The molecule has 0 unspecified atom stereocenters. The van der Waals surface area contributed by atoms with Gasteiger partial charge in [-0.05, 0) is 37.8 Å². The van der Waals surface area contributed by atoms with Crippen LogP contribution in [0.3, 0.4) is 0 Å². The first-order valence-corrected chi connectivity index (χ1v) is 7.95. The van der Waals surface area contributed by atoms with Crippen molar-refractivity contribution in [1.29, 1.82) is 0 Å². The fourth-order valence-corrected chi connectivity index (χ4v) is 3.70. The maximum absolute atomic E-state index is 6.26. The van der Waals surface area contributed by atoms with E-state index < -0.39 is 5.66 Å². The highest BCUT2D eigenvalue weighted by molar-refractivity contribution is 6.09. The highest BCUT2D eigenvalue weighted by atomic mass is 16.3. The molecule has 4 N–H and O–H groups in total. The molecular weight excluding hydrogens is 292 g/mol. The molecule has 0 amide bonds. The fourth-order valence-electron chi connectivity index (χ4n) is 3.70. The molecule has 7 nitrogen and oxygen atoms in total. The van der Waals surface area contributed by atoms with Gasteiger partial charge in [-0.1, -0.05) is 12.5 Å². The predicted molar refractivity (Wildman–Crippen MR) is 90.3 cm³/mol. The maximum Gasteiger partial charge on any atom is 0.220 e. The Morgan fingerprint density at radius 3 is 2.74 bits per heavy atom. The van der Waals surface area contributed by atoms with Crippen molar-refractivity contribution in [2.24, 2.45) is 21.5 Å². The standard InChI is InChI=1S/C16H20N6O/c1-10-19-13-11(6-5-7-12(13)23-10)22-15(18)20-14(17)21-16(22)8-3-2-4-9-16/h5-7H,2-4,8-9H2,1H3,(H4,17,18,20,21). The van der Waals surface area contributed by atoms with Gasteiger partial charge in [0.05, 0.1) is 5.69 Å². The number of aliphatic imine (C=N–C) groups is 2. The molecule has 1 aromatic carbocycles. The highest BCUT2D eigenvalue weighted by Gasteiger charge is 2.43. The minimum Gasteiger partial charge on any atom is -0.441 e. The van der Waals surface area contributed by atoms with Crippen LogP contribution in [0.2, 0.25) is 0 Å². The summed E-state index contributed by atoms with van der Waals surface area (Å²) in [7, 11) is 0. The Labute approximate surface area is 134 Å². The van der Waals surface area contributed by atoms with Crippen LogP contribution >= 0.6 is 0 Å². The normalized spacial score (nSPS) is 20.7. The Kier molecular flexibility index (Phi) is 3.04. The second-order valence-corrected chi connectivity index (χ2v) is 6.18. The third-order valence-corrected chi connectivity index (χ3v) is 4.60. The molecule has 0 radical (unpaired) electrons. The quantitative estimate of drug-likeness (QED) is 0.840. The summed E-state index contributed by atoms with van der Waals surface area (Å²) in [6, 6.07) is 5.83. The van der Waals surface area contributed by atoms with E-state index in [1.165, 1.54) is 6.42 Å². The number of anilines is 1. The topological polar surface area (TPSA) is 106 Å². The zero-order valence-corrected chi connectivity index (χ0v) is 13.1. The van der Waals surface area contributed by atoms with Crippen molar-refractivity contribution in [3.05, 3.63) is 24.1 Å². The number of hydrogen-bond donors (Lipinski definition) is 2. The predicted octanol–water partition coefficient (Wildman–Crippen LogP) is 2.25. The summed E-state index contributed by atoms with van der Waals surface area (Å²) < 4.78 is 5.65. The molecule has 0 saturated heterocycles. The molecule has 0 bridgehead atoms. The number of rotatable bonds is 1. The van der Waals surface area contributed by atoms with Crippen LogP contribution in [0.4, 0.5) is 5.69 Å². The van der Waals surface area contributed by atoms with Crippen molar-refractivity contribution in [3.8, 4) is 0 Å². The smallest absolute Gasteiger partial charge is 0.220 e. The molecular formula is C16H20N6O. The zero-order valence-electron chi connectivity index (χ0n) is 13.1. The molecule has 2 heterocycles. The second-order valence-electron chi connectivity index (χ2n) is 6.18. The lowest BCUT2D eigenvalue weighted by Gasteiger charge is -2.45. The number of aromatic nitrogens is 1. The van der Waals surface area contributed by atoms with Gasteiger partial charge in [-0.15, -0.1) is 0 Å². The van der Waals surface area contributed by atoms with Crippen molar-refractivity contribution in [1.82, 2.24) is 4.98 Å². The fraction of sp³-hybridized carbons (Fsp3) is 0.438. The average Bonchev–Trinajstić information content (AvgIpc) is 2.88. The van der Waals surface area contributed by atoms with E-state index in [-0.39, 0.29) is 5.96 Å². The molecule has 2 aromatic rings. The van der Waals surface area contributed by atoms with Crippen molar-refractivity contribution in [2.45, 2.75) is 44.7 Å². The highest BCUT2D eigenvalue weighted by Crippen LogP contribution is 2.41. The van der Waals surface area contributed by atoms with Crippen LogP contribution in [0.15, 0.2) is 32.6 Å². The lowest BCUT2D eigenvalue weighted by Crippen LogP contribution is -2.58. The molecule has 1 aliphatic carbocycles. The third-order valence-electron chi connectivity index (χ3n) is 4.60. The van der Waals surface area contributed by atoms with Gasteiger partial charge in [0, 0.05) is 6.92 Å². The van der Waals surface area contributed by atoms with Crippen LogP contribution in [0.25, 0.3) is 11.1 Å². The van der Waals surface area contributed by atoms with Gasteiger partial charge in [-0.25, -0.2) is 9.98 Å². The second kappa shape index (κ2) is 4.97. The lowest BCUT2D eigenvalue weighted by molar-refractivity contribution is 0.306. The molecule has 7 heteroatoms. The summed E-state index contributed by atoms with van der Waals surface area (Å²) in [4.78, 5) is 15.4. The molecule has 1 fully saturated rings. The maximum atomic E-state index is 6.26. The number of benzene rings is 1. The van der Waals surface area contributed by atoms with Crippen LogP contribution in [0.1, 0.15) is 38.0 Å². The molecule has 2 aliphatic rings. The van der Waals surface area contributed by atoms with E-state index in [0.29, 0.717) is 11.9 Å². The SMILES string of the molecule is Cc1nc2c(N3C(N)=NC(N)=NC34CCCCC4)cccc2o1. The van der Waals surface area contributed by atoms with E-state index in [2.05, 4.69) is 15.0 Å². The third kappa shape index (κ3) is 2.15. The molecule has 23 heavy (non-hydrogen) atoms. The Bertz CT molecular complexity index is 815. The van der Waals surface area contributed by atoms with Crippen molar-refractivity contribution in [2.75, 3.05) is 4.90 Å². The van der Waals surface area contributed by atoms with Gasteiger partial charge >= 0.3 is 0 Å². The van der Waals surface area contributed by atoms with E-state index >= 15 is 0 Å². The van der Waals surface area contributed by atoms with Crippen molar-refractivity contribution < 1.29 is 4.42 Å². The van der Waals surface area contributed by atoms with E-state index in [4.69, 9.17) is 15.9 Å². The Hall–Kier alpha value is -2.57. The van der Waals surface area contributed by atoms with E-state index in [0.717, 1.165) is 42.5 Å². The summed E-state index contributed by atoms with van der Waals surface area (Å²) >= 11 is 0. The van der Waals surface area contributed by atoms with Crippen molar-refractivity contribution in [3.63, 3.8) is 0 Å². The first-order valence-electron chi connectivity index (χ1n) is 7.95. The summed E-state index contributed by atoms with van der Waals surface area (Å²) in [6.45, 7) is 1.84. The number of para-hydroxylation sites is 1. The van der Waals surface area contributed by atoms with Crippen LogP contribution in [-0.2, 0) is 0 Å². The monoisotopic (exact) mass is 312 g/mol. The van der Waals surface area contributed by atoms with Gasteiger partial charge in [-0.2, -0.15) is 4.99 Å². The number of aryl methyl sites for hydroxylation is 1. The van der Waals surface area contributed by atoms with Gasteiger partial charge in [-0.3, -0.25) is 4.90 Å². The lowest BCUT2D eigenvalue weighted by atomic mass is 9.87. The van der Waals surface area contributed by atoms with E-state index in [9.17, 15) is 0 Å². The molecule has 120 valence electrons. The molecule has 1 aliphatic heterocycles. The summed E-state index contributed by atoms with van der Waals surface area (Å²) in [6.07, 6.45) is 5.19. The van der Waals surface area contributed by atoms with Gasteiger partial charge < -0.3 is 15.9 Å². The minimum absolute atomic E-state index is 0.254. The minimum atomic E-state index is -0.463.